The number of hydrogen-bond acceptors (Lipinski definition) is 8. The molecule has 1 aromatic carbocycles. The summed E-state index contributed by atoms with van der Waals surface area (Å²) in [5, 5.41) is 13.3. The quantitative estimate of drug-likeness (QED) is 0.238. The third-order valence-electron chi connectivity index (χ3n) is 9.33. The summed E-state index contributed by atoms with van der Waals surface area (Å²) in [6.07, 6.45) is -2.12. The number of aliphatic carboxylic acids is 1. The van der Waals surface area contributed by atoms with Crippen molar-refractivity contribution in [2.75, 3.05) is 4.90 Å². The molecule has 1 saturated carbocycles. The zero-order valence-electron chi connectivity index (χ0n) is 26.9. The van der Waals surface area contributed by atoms with E-state index in [4.69, 9.17) is 4.74 Å². The van der Waals surface area contributed by atoms with E-state index in [1.54, 1.807) is 9.80 Å². The first-order valence-corrected chi connectivity index (χ1v) is 16.1. The molecule has 2 fully saturated rings. The van der Waals surface area contributed by atoms with Crippen molar-refractivity contribution in [3.63, 3.8) is 0 Å². The van der Waals surface area contributed by atoms with Gasteiger partial charge in [0.25, 0.3) is 0 Å². The number of nitrogens with zero attached hydrogens (tertiary/aromatic N) is 7. The second-order valence-corrected chi connectivity index (χ2v) is 12.5. The van der Waals surface area contributed by atoms with Crippen molar-refractivity contribution in [2.24, 2.45) is 5.92 Å². The van der Waals surface area contributed by atoms with Crippen molar-refractivity contribution in [2.45, 2.75) is 108 Å². The molecule has 3 heterocycles. The Labute approximate surface area is 278 Å². The van der Waals surface area contributed by atoms with Crippen molar-refractivity contribution >= 4 is 18.0 Å². The highest BCUT2D eigenvalue weighted by molar-refractivity contribution is 5.70. The fourth-order valence-electron chi connectivity index (χ4n) is 6.75. The molecule has 1 aliphatic heterocycles. The predicted molar refractivity (Wildman–Crippen MR) is 162 cm³/mol. The van der Waals surface area contributed by atoms with Gasteiger partial charge >= 0.3 is 24.4 Å². The zero-order chi connectivity index (χ0) is 35.5. The molecule has 1 unspecified atom stereocenters. The Kier molecular flexibility index (Phi) is 10.7. The molecule has 3 aromatic rings. The van der Waals surface area contributed by atoms with Crippen molar-refractivity contribution in [1.29, 1.82) is 0 Å². The van der Waals surface area contributed by atoms with E-state index in [1.807, 2.05) is 13.8 Å². The maximum atomic E-state index is 13.8. The number of piperidine rings is 1. The second-order valence-electron chi connectivity index (χ2n) is 12.5. The lowest BCUT2D eigenvalue weighted by Crippen LogP contribution is -2.57. The number of halogens is 6. The van der Waals surface area contributed by atoms with Gasteiger partial charge in [-0.25, -0.2) is 24.4 Å². The van der Waals surface area contributed by atoms with E-state index in [0.717, 1.165) is 0 Å². The molecule has 0 radical (unpaired) electrons. The van der Waals surface area contributed by atoms with E-state index in [1.165, 1.54) is 29.7 Å². The van der Waals surface area contributed by atoms with Crippen LogP contribution in [0, 0.1) is 5.92 Å². The first-order valence-electron chi connectivity index (χ1n) is 16.1. The van der Waals surface area contributed by atoms with Crippen LogP contribution in [0.3, 0.4) is 0 Å². The van der Waals surface area contributed by atoms with E-state index in [2.05, 4.69) is 20.1 Å². The highest BCUT2D eigenvalue weighted by Gasteiger charge is 2.42. The van der Waals surface area contributed by atoms with Crippen molar-refractivity contribution < 1.29 is 45.8 Å². The van der Waals surface area contributed by atoms with E-state index >= 15 is 0 Å². The highest BCUT2D eigenvalue weighted by atomic mass is 19.4. The van der Waals surface area contributed by atoms with E-state index < -0.39 is 53.6 Å². The minimum Gasteiger partial charge on any atom is -0.481 e. The third-order valence-corrected chi connectivity index (χ3v) is 9.33. The fraction of sp³-hybridized carbons (Fsp3) is 0.562. The van der Waals surface area contributed by atoms with Crippen molar-refractivity contribution in [3.8, 4) is 5.69 Å². The largest absolute Gasteiger partial charge is 0.481 e. The van der Waals surface area contributed by atoms with Crippen molar-refractivity contribution in [3.05, 3.63) is 59.9 Å². The average Bonchev–Trinajstić information content (AvgIpc) is 3.61. The van der Waals surface area contributed by atoms with Crippen LogP contribution in [0.25, 0.3) is 5.69 Å². The van der Waals surface area contributed by atoms with Crippen LogP contribution < -0.4 is 4.90 Å². The number of amides is 1. The van der Waals surface area contributed by atoms with Gasteiger partial charge in [0.2, 0.25) is 5.95 Å². The number of carbonyl (C=O) groups is 2. The number of alkyl halides is 6. The first kappa shape index (κ1) is 35.9. The van der Waals surface area contributed by atoms with E-state index in [0.29, 0.717) is 69.2 Å². The van der Waals surface area contributed by atoms with Crippen LogP contribution in [0.1, 0.15) is 81.9 Å². The maximum absolute atomic E-state index is 13.8. The molecule has 2 aromatic heterocycles. The number of hydrogen-bond donors (Lipinski definition) is 1. The number of aromatic nitrogens is 5. The Hall–Kier alpha value is -4.44. The molecule has 266 valence electrons. The Balaban J connectivity index is 1.45. The van der Waals surface area contributed by atoms with Gasteiger partial charge in [-0.2, -0.15) is 31.4 Å². The molecule has 1 saturated heterocycles. The van der Waals surface area contributed by atoms with Gasteiger partial charge in [-0.3, -0.25) is 4.79 Å². The monoisotopic (exact) mass is 697 g/mol. The molecular weight excluding hydrogens is 660 g/mol. The molecular formula is C32H37F6N7O4. The number of likely N-dealkylation sites (tertiary alicyclic amines) is 1. The summed E-state index contributed by atoms with van der Waals surface area (Å²) in [6, 6.07) is 0.256. The van der Waals surface area contributed by atoms with Crippen LogP contribution in [-0.4, -0.2) is 71.0 Å². The Morgan fingerprint density at radius 3 is 1.96 bits per heavy atom. The number of ether oxygens (including phenoxy) is 1. The van der Waals surface area contributed by atoms with Crippen LogP contribution in [-0.2, 0) is 28.4 Å². The second kappa shape index (κ2) is 14.6. The van der Waals surface area contributed by atoms with Crippen LogP contribution in [0.4, 0.5) is 37.1 Å². The molecule has 0 bridgehead atoms. The van der Waals surface area contributed by atoms with Crippen LogP contribution in [0.5, 0.6) is 0 Å². The van der Waals surface area contributed by atoms with E-state index in [-0.39, 0.29) is 36.2 Å². The average molecular weight is 698 g/mol. The Bertz CT molecular complexity index is 1530. The summed E-state index contributed by atoms with van der Waals surface area (Å²) >= 11 is 0. The van der Waals surface area contributed by atoms with Crippen LogP contribution in [0.15, 0.2) is 43.2 Å². The fourth-order valence-corrected chi connectivity index (χ4v) is 6.75. The summed E-state index contributed by atoms with van der Waals surface area (Å²) in [4.78, 5) is 41.0. The topological polar surface area (TPSA) is 127 Å². The lowest BCUT2D eigenvalue weighted by molar-refractivity contribution is -0.144. The molecule has 1 aliphatic carbocycles. The number of carboxylic acid groups (broad SMARTS) is 1. The summed E-state index contributed by atoms with van der Waals surface area (Å²) in [5.74, 6) is -1.26. The summed E-state index contributed by atoms with van der Waals surface area (Å²) in [7, 11) is 0. The number of carbonyl (C=O) groups excluding carboxylic acids is 1. The predicted octanol–water partition coefficient (Wildman–Crippen LogP) is 6.90. The van der Waals surface area contributed by atoms with Gasteiger partial charge in [0.15, 0.2) is 0 Å². The molecule has 49 heavy (non-hydrogen) atoms. The number of benzene rings is 1. The van der Waals surface area contributed by atoms with Gasteiger partial charge in [0.1, 0.15) is 24.4 Å². The summed E-state index contributed by atoms with van der Waals surface area (Å²) in [6.45, 7) is 3.40. The van der Waals surface area contributed by atoms with Gasteiger partial charge < -0.3 is 19.6 Å². The summed E-state index contributed by atoms with van der Waals surface area (Å²) < 4.78 is 89.9. The normalized spacial score (nSPS) is 23.3. The number of anilines is 1. The Morgan fingerprint density at radius 1 is 0.918 bits per heavy atom. The first-order chi connectivity index (χ1) is 23.2. The molecule has 1 N–H and O–H groups in total. The lowest BCUT2D eigenvalue weighted by Gasteiger charge is -2.47. The highest BCUT2D eigenvalue weighted by Crippen LogP contribution is 2.38. The standard InChI is InChI=1S/C32H37F6N7O4/c1-3-23-12-25(13-24(4-2)45(23)30(48)49-27-7-5-20(6-8-27)28(46)47)43(29-40-14-26(15-41-29)44-18-39-17-42-44)16-19-9-21(31(33,34)35)11-22(10-19)32(36,37)38/h9-11,14-15,17-18,20,23-25,27H,3-8,12-13,16H2,1-2H3,(H,46,47)/t20?,23-,24+,25?,27?. The molecule has 3 atom stereocenters. The SMILES string of the molecule is CC[C@@H]1CC(N(Cc2cc(C(F)(F)F)cc(C(F)(F)F)c2)c2ncc(-n3cncn3)cn2)C[C@H](CC)N1C(=O)OC1CCC(C(=O)O)CC1. The van der Waals surface area contributed by atoms with Crippen LogP contribution >= 0.6 is 0 Å². The van der Waals surface area contributed by atoms with Crippen molar-refractivity contribution in [1.82, 2.24) is 29.6 Å². The van der Waals surface area contributed by atoms with Crippen LogP contribution in [0.2, 0.25) is 0 Å². The molecule has 2 aliphatic rings. The van der Waals surface area contributed by atoms with Gasteiger partial charge in [-0.05, 0) is 75.1 Å². The smallest absolute Gasteiger partial charge is 0.416 e. The summed E-state index contributed by atoms with van der Waals surface area (Å²) in [5.41, 5.74) is -2.64. The Morgan fingerprint density at radius 2 is 1.49 bits per heavy atom. The molecule has 1 amide bonds. The van der Waals surface area contributed by atoms with Gasteiger partial charge in [-0.15, -0.1) is 0 Å². The number of rotatable bonds is 9. The maximum Gasteiger partial charge on any atom is 0.416 e. The third kappa shape index (κ3) is 8.41. The molecule has 17 heteroatoms. The minimum absolute atomic E-state index is 0.0794. The lowest BCUT2D eigenvalue weighted by atomic mass is 9.87. The number of carboxylic acids is 1. The van der Waals surface area contributed by atoms with Gasteiger partial charge in [0, 0.05) is 24.7 Å². The minimum atomic E-state index is -5.02. The molecule has 5 rings (SSSR count). The molecule has 11 nitrogen and oxygen atoms in total. The molecule has 0 spiro atoms. The van der Waals surface area contributed by atoms with Gasteiger partial charge in [0.05, 0.1) is 29.4 Å². The van der Waals surface area contributed by atoms with E-state index in [9.17, 15) is 41.0 Å². The van der Waals surface area contributed by atoms with Gasteiger partial charge in [-0.1, -0.05) is 13.8 Å². The zero-order valence-corrected chi connectivity index (χ0v) is 26.9.